The first-order valence-electron chi connectivity index (χ1n) is 48.1. The first-order valence-corrected chi connectivity index (χ1v) is 48.1. The summed E-state index contributed by atoms with van der Waals surface area (Å²) in [6.07, 6.45) is 19.3. The molecule has 12 N–H and O–H groups in total. The lowest BCUT2D eigenvalue weighted by molar-refractivity contribution is -0.124. The fraction of sp³-hybridized carbons (Fsp3) is 0.491. The summed E-state index contributed by atoms with van der Waals surface area (Å²) in [7, 11) is 0. The van der Waals surface area contributed by atoms with Gasteiger partial charge in [0.15, 0.2) is 69.6 Å². The van der Waals surface area contributed by atoms with Gasteiger partial charge >= 0.3 is 0 Å². The topological polar surface area (TPSA) is 386 Å². The van der Waals surface area contributed by atoms with Crippen molar-refractivity contribution in [3.05, 3.63) is 230 Å². The third-order valence-corrected chi connectivity index (χ3v) is 30.6. The molecule has 27 nitrogen and oxygen atoms in total. The maximum atomic E-state index is 13.3. The highest BCUT2D eigenvalue weighted by Gasteiger charge is 2.52. The van der Waals surface area contributed by atoms with Gasteiger partial charge in [-0.15, -0.1) is 0 Å². The molecule has 6 aliphatic heterocycles. The molecule has 8 aliphatic carbocycles. The van der Waals surface area contributed by atoms with E-state index in [1.54, 1.807) is 0 Å². The van der Waals surface area contributed by atoms with E-state index in [9.17, 15) is 28.8 Å². The Balaban J connectivity index is 0.000000103. The summed E-state index contributed by atoms with van der Waals surface area (Å²) in [4.78, 5) is 77.2. The third-order valence-electron chi connectivity index (χ3n) is 30.6. The molecule has 7 aromatic heterocycles. The minimum Gasteiger partial charge on any atom is -0.342 e. The Hall–Kier alpha value is -12.4. The number of nitrogens with one attached hydrogen (secondary N) is 12. The highest BCUT2D eigenvalue weighted by molar-refractivity contribution is 6.07. The number of aryl methyl sites for hydroxylation is 8. The molecule has 27 heteroatoms. The van der Waals surface area contributed by atoms with Crippen molar-refractivity contribution in [3.8, 4) is 0 Å². The highest BCUT2D eigenvalue weighted by Crippen LogP contribution is 2.59. The SMILES string of the molecule is Cc1[nH]nc2c1C(C)C1=C(CC(C)(C)CC1=O)N2.Cc1[nH]nc2c1C(C1CC1)C1=C(CC(C)(C)CC1=O)N2.Cc1[nH]nc2c1C(C1CCCCC1)C1=C(CC(C)(C)CC1=O)N2.Cc1[nH]nc2c1C(c1cccc3nonc13)C1=C(CC(C)(C)CC1=O)N2.Cc1ccccc1C1C2=C(CCC(C)(C)C2=O)Nc2n[nH]c(C)c21.Cc1ccccc1C1C2=C(CCCC2=O)Nc2n[nH]c(C)c21. The molecule has 0 radical (unpaired) electrons. The van der Waals surface area contributed by atoms with E-state index in [-0.39, 0.29) is 85.7 Å². The molecule has 6 atom stereocenters. The Morgan fingerprint density at radius 2 is 0.677 bits per heavy atom. The van der Waals surface area contributed by atoms with Gasteiger partial charge in [-0.3, -0.25) is 59.4 Å². The van der Waals surface area contributed by atoms with Crippen molar-refractivity contribution in [2.75, 3.05) is 31.9 Å². The number of hydrogen-bond donors (Lipinski definition) is 12. The van der Waals surface area contributed by atoms with Gasteiger partial charge in [-0.05, 0) is 210 Å². The number of fused-ring (bicyclic) bond motifs is 7. The van der Waals surface area contributed by atoms with E-state index in [2.05, 4.69) is 238 Å². The smallest absolute Gasteiger partial charge is 0.167 e. The van der Waals surface area contributed by atoms with Gasteiger partial charge in [0.2, 0.25) is 0 Å². The Bertz CT molecular complexity index is 6660. The molecule has 133 heavy (non-hydrogen) atoms. The van der Waals surface area contributed by atoms with Crippen LogP contribution in [0.2, 0.25) is 0 Å². The quantitative estimate of drug-likeness (QED) is 0.0761. The number of aromatic nitrogens is 14. The van der Waals surface area contributed by atoms with Gasteiger partial charge in [0.05, 0.1) is 0 Å². The van der Waals surface area contributed by atoms with E-state index in [0.29, 0.717) is 66.5 Å². The molecule has 2 saturated carbocycles. The van der Waals surface area contributed by atoms with Crippen molar-refractivity contribution >= 4 is 80.6 Å². The van der Waals surface area contributed by atoms with E-state index in [1.807, 2.05) is 64.1 Å². The van der Waals surface area contributed by atoms with Crippen LogP contribution in [-0.4, -0.2) is 106 Å². The minimum atomic E-state index is -0.309. The lowest BCUT2D eigenvalue weighted by atomic mass is 9.65. The molecule has 14 aliphatic rings. The van der Waals surface area contributed by atoms with Crippen LogP contribution in [-0.2, 0) is 28.8 Å². The number of carbonyl (C=O) groups excluding carboxylic acids is 6. The van der Waals surface area contributed by atoms with Crippen molar-refractivity contribution in [3.63, 3.8) is 0 Å². The number of aromatic amines is 6. The van der Waals surface area contributed by atoms with Crippen LogP contribution < -0.4 is 31.9 Å². The molecule has 3 aromatic carbocycles. The van der Waals surface area contributed by atoms with Crippen LogP contribution in [0.1, 0.15) is 335 Å². The lowest BCUT2D eigenvalue weighted by Gasteiger charge is -2.41. The molecule has 0 bridgehead atoms. The molecule has 0 saturated heterocycles. The van der Waals surface area contributed by atoms with Crippen molar-refractivity contribution in [2.45, 2.75) is 295 Å². The zero-order valence-electron chi connectivity index (χ0n) is 80.5. The summed E-state index contributed by atoms with van der Waals surface area (Å²) < 4.78 is 4.95. The van der Waals surface area contributed by atoms with Crippen LogP contribution >= 0.6 is 0 Å². The van der Waals surface area contributed by atoms with Gasteiger partial charge in [-0.2, -0.15) is 30.6 Å². The number of allylic oxidation sites excluding steroid dienone is 12. The van der Waals surface area contributed by atoms with Crippen molar-refractivity contribution in [1.29, 1.82) is 0 Å². The number of nitrogens with zero attached hydrogens (tertiary/aromatic N) is 8. The first-order chi connectivity index (χ1) is 63.3. The number of Topliss-reactive ketones (excluding diaryl/α,β-unsaturated/α-hetero) is 6. The summed E-state index contributed by atoms with van der Waals surface area (Å²) in [5.74, 6) is 8.67. The maximum Gasteiger partial charge on any atom is 0.167 e. The third kappa shape index (κ3) is 16.5. The first kappa shape index (κ1) is 89.8. The Kier molecular flexibility index (Phi) is 22.9. The number of rotatable bonds is 5. The normalized spacial score (nSPS) is 24.0. The second-order valence-electron chi connectivity index (χ2n) is 43.9. The van der Waals surface area contributed by atoms with Gasteiger partial charge < -0.3 is 31.9 Å². The largest absolute Gasteiger partial charge is 0.342 e. The zero-order chi connectivity index (χ0) is 93.7. The number of hydrogen-bond acceptors (Lipinski definition) is 21. The van der Waals surface area contributed by atoms with Crippen LogP contribution in [0, 0.1) is 94.3 Å². The molecular weight excluding hydrogens is 1670 g/mol. The van der Waals surface area contributed by atoms with Crippen molar-refractivity contribution < 1.29 is 33.4 Å². The number of anilines is 6. The number of carbonyl (C=O) groups is 6. The highest BCUT2D eigenvalue weighted by atomic mass is 16.6. The Morgan fingerprint density at radius 3 is 1.14 bits per heavy atom. The Labute approximate surface area is 777 Å². The van der Waals surface area contributed by atoms with E-state index < -0.39 is 0 Å². The van der Waals surface area contributed by atoms with Crippen LogP contribution in [0.25, 0.3) is 11.0 Å². The predicted octanol–water partition coefficient (Wildman–Crippen LogP) is 21.9. The summed E-state index contributed by atoms with van der Waals surface area (Å²) >= 11 is 0. The van der Waals surface area contributed by atoms with E-state index in [4.69, 9.17) is 4.63 Å². The van der Waals surface area contributed by atoms with E-state index in [1.165, 1.54) is 78.3 Å². The molecule has 2 fully saturated rings. The van der Waals surface area contributed by atoms with Crippen LogP contribution in [0.5, 0.6) is 0 Å². The fourth-order valence-corrected chi connectivity index (χ4v) is 24.2. The molecule has 0 amide bonds. The second-order valence-corrected chi connectivity index (χ2v) is 43.9. The lowest BCUT2D eigenvalue weighted by Crippen LogP contribution is -2.37. The standard InChI is InChI=1S/C20H23N3O.C19H19N5O2.C19H27N3O.C18H19N3O.C16H21N3O.C14H19N3O/c1-11-7-5-6-8-13(11)16-15-12(2)22-23-19(15)21-14-9-10-20(3,4)18(24)17(14)16;1-9-14-15(10-5-4-6-11-17(10)24-26-23-11)16-12(20-18(14)22-21-9)7-19(2,3)8-13(16)25;1-11-15-16(12-7-5-4-6-8-12)17-13(20-18(15)22-21-11)9-19(2,3)10-14(17)23;1-10-6-3-4-7-12(10)16-15-11(2)20-21-18(15)19-13-8-5-9-14(22)17(13)16;1-8-12-13(9-4-5-9)14-10(17-15(12)19-18-8)6-16(2,3)7-11(14)20;1-7-11-8(2)16-17-13(11)15-9-5-14(3,4)6-10(18)12(7)9/h5-8,16H,9-10H2,1-4H3,(H2,21,22,23);4-6,15H,7-8H2,1-3H3,(H2,20,21,22);12,16H,4-10H2,1-3H3,(H2,20,21,22);3-4,6-7,16H,5,8-9H2,1-2H3,(H2,19,20,21);9,13H,4-7H2,1-3H3,(H2,17,18,19);7H,5-6H2,1-4H3,(H2,15,16,17). The molecule has 10 aromatic rings. The average Bonchev–Trinajstić information content (AvgIpc) is 1.09. The van der Waals surface area contributed by atoms with E-state index in [0.717, 1.165) is 216 Å². The van der Waals surface area contributed by atoms with Crippen LogP contribution in [0.3, 0.4) is 0 Å². The monoisotopic (exact) mass is 1790 g/mol. The van der Waals surface area contributed by atoms with Crippen LogP contribution in [0.4, 0.5) is 34.9 Å². The molecule has 24 rings (SSSR count). The van der Waals surface area contributed by atoms with Crippen molar-refractivity contribution in [1.82, 2.24) is 71.5 Å². The van der Waals surface area contributed by atoms with Gasteiger partial charge in [0.1, 0.15) is 11.0 Å². The van der Waals surface area contributed by atoms with Gasteiger partial charge in [0, 0.05) is 208 Å². The van der Waals surface area contributed by atoms with E-state index >= 15 is 0 Å². The molecular formula is C106H128N20O7. The second kappa shape index (κ2) is 33.9. The van der Waals surface area contributed by atoms with Crippen LogP contribution in [0.15, 0.2) is 139 Å². The molecule has 0 spiro atoms. The fourth-order valence-electron chi connectivity index (χ4n) is 24.2. The van der Waals surface area contributed by atoms with Crippen molar-refractivity contribution in [2.24, 2.45) is 38.9 Å². The molecule has 694 valence electrons. The Morgan fingerprint density at radius 1 is 0.323 bits per heavy atom. The predicted molar refractivity (Wildman–Crippen MR) is 516 cm³/mol. The maximum absolute atomic E-state index is 13.3. The summed E-state index contributed by atoms with van der Waals surface area (Å²) in [5, 5.41) is 73.4. The van der Waals surface area contributed by atoms with Gasteiger partial charge in [-0.25, -0.2) is 4.63 Å². The zero-order valence-corrected chi connectivity index (χ0v) is 80.5. The summed E-state index contributed by atoms with van der Waals surface area (Å²) in [6.45, 7) is 39.9. The number of ketones is 6. The molecule has 13 heterocycles. The average molecular weight is 1790 g/mol. The molecule has 6 unspecified atom stereocenters. The summed E-state index contributed by atoms with van der Waals surface area (Å²) in [5.41, 5.74) is 32.2. The van der Waals surface area contributed by atoms with Gasteiger partial charge in [0.25, 0.3) is 0 Å². The number of H-pyrrole nitrogens is 6. The summed E-state index contributed by atoms with van der Waals surface area (Å²) in [6, 6.07) is 22.5. The van der Waals surface area contributed by atoms with Gasteiger partial charge in [-0.1, -0.05) is 156 Å². The number of benzene rings is 3. The minimum absolute atomic E-state index is 0.000926.